The van der Waals surface area contributed by atoms with E-state index in [1.54, 1.807) is 5.48 Å². The van der Waals surface area contributed by atoms with Crippen LogP contribution in [0.1, 0.15) is 43.6 Å². The Morgan fingerprint density at radius 3 is 2.44 bits per heavy atom. The summed E-state index contributed by atoms with van der Waals surface area (Å²) in [7, 11) is 1.84. The lowest BCUT2D eigenvalue weighted by atomic mass is 9.80. The molecule has 4 atom stereocenters. The molecule has 1 aromatic carbocycles. The van der Waals surface area contributed by atoms with E-state index >= 15 is 0 Å². The highest BCUT2D eigenvalue weighted by Crippen LogP contribution is 2.33. The zero-order valence-electron chi connectivity index (χ0n) is 18.8. The number of hydroxylamine groups is 1. The van der Waals surface area contributed by atoms with Crippen molar-refractivity contribution < 1.29 is 19.6 Å². The molecule has 8 nitrogen and oxygen atoms in total. The first-order valence-electron chi connectivity index (χ1n) is 11.7. The lowest BCUT2D eigenvalue weighted by Gasteiger charge is -2.42. The topological polar surface area (TPSA) is 93.2 Å². The number of benzene rings is 1. The van der Waals surface area contributed by atoms with Gasteiger partial charge in [-0.25, -0.2) is 5.48 Å². The summed E-state index contributed by atoms with van der Waals surface area (Å²) in [6.45, 7) is 3.49. The van der Waals surface area contributed by atoms with E-state index in [-0.39, 0.29) is 17.7 Å². The molecule has 0 saturated carbocycles. The number of likely N-dealkylation sites (N-methyl/N-ethyl adjacent to an activating group) is 1. The van der Waals surface area contributed by atoms with Gasteiger partial charge >= 0.3 is 0 Å². The standard InChI is InChI=1S/C24H34N4O4/c1-26-15-17(14-21(29)27-10-5-6-11-27)13-20(23(30)25-32)22(26)24(31)28-12-9-19(16-28)18-7-3-2-4-8-18/h2-4,7-8,17,19-20,22,32H,5-6,9-16H2,1H3,(H,25,30)/t17?,19-,20?,22?/m0/s1. The van der Waals surface area contributed by atoms with Crippen LogP contribution < -0.4 is 5.48 Å². The first-order chi connectivity index (χ1) is 15.5. The molecule has 1 aromatic rings. The van der Waals surface area contributed by atoms with E-state index in [2.05, 4.69) is 12.1 Å². The second-order valence-electron chi connectivity index (χ2n) is 9.54. The van der Waals surface area contributed by atoms with Crippen LogP contribution in [0.15, 0.2) is 30.3 Å². The Kier molecular flexibility index (Phi) is 7.10. The minimum absolute atomic E-state index is 0.0184. The van der Waals surface area contributed by atoms with Crippen LogP contribution in [0.5, 0.6) is 0 Å². The number of carbonyl (C=O) groups is 3. The molecule has 0 aromatic heterocycles. The van der Waals surface area contributed by atoms with E-state index in [1.807, 2.05) is 39.9 Å². The van der Waals surface area contributed by atoms with Gasteiger partial charge in [-0.05, 0) is 44.2 Å². The fraction of sp³-hybridized carbons (Fsp3) is 0.625. The second kappa shape index (κ2) is 10.0. The number of hydrogen-bond donors (Lipinski definition) is 2. The molecule has 0 bridgehead atoms. The quantitative estimate of drug-likeness (QED) is 0.532. The van der Waals surface area contributed by atoms with Crippen LogP contribution in [0.3, 0.4) is 0 Å². The first-order valence-corrected chi connectivity index (χ1v) is 11.7. The summed E-state index contributed by atoms with van der Waals surface area (Å²) < 4.78 is 0. The van der Waals surface area contributed by atoms with Crippen molar-refractivity contribution in [1.29, 1.82) is 0 Å². The van der Waals surface area contributed by atoms with E-state index < -0.39 is 17.9 Å². The smallest absolute Gasteiger partial charge is 0.248 e. The van der Waals surface area contributed by atoms with Gasteiger partial charge in [0.15, 0.2) is 0 Å². The van der Waals surface area contributed by atoms with E-state index in [0.717, 1.165) is 32.4 Å². The number of nitrogens with one attached hydrogen (secondary N) is 1. The number of nitrogens with zero attached hydrogens (tertiary/aromatic N) is 3. The van der Waals surface area contributed by atoms with Crippen LogP contribution in [0.25, 0.3) is 0 Å². The molecule has 174 valence electrons. The number of likely N-dealkylation sites (tertiary alicyclic amines) is 3. The van der Waals surface area contributed by atoms with E-state index in [9.17, 15) is 19.6 Å². The van der Waals surface area contributed by atoms with Crippen molar-refractivity contribution >= 4 is 17.7 Å². The van der Waals surface area contributed by atoms with Gasteiger partial charge in [-0.3, -0.25) is 24.5 Å². The highest BCUT2D eigenvalue weighted by atomic mass is 16.5. The fourth-order valence-corrected chi connectivity index (χ4v) is 5.72. The monoisotopic (exact) mass is 442 g/mol. The first kappa shape index (κ1) is 22.7. The highest BCUT2D eigenvalue weighted by Gasteiger charge is 2.45. The molecule has 3 saturated heterocycles. The Morgan fingerprint density at radius 1 is 1.03 bits per heavy atom. The van der Waals surface area contributed by atoms with Gasteiger partial charge in [0, 0.05) is 45.1 Å². The summed E-state index contributed by atoms with van der Waals surface area (Å²) in [5, 5.41) is 9.35. The zero-order valence-corrected chi connectivity index (χ0v) is 18.8. The van der Waals surface area contributed by atoms with Gasteiger partial charge in [0.05, 0.1) is 5.92 Å². The van der Waals surface area contributed by atoms with E-state index in [4.69, 9.17) is 0 Å². The number of piperidine rings is 1. The van der Waals surface area contributed by atoms with Crippen molar-refractivity contribution in [3.63, 3.8) is 0 Å². The van der Waals surface area contributed by atoms with E-state index in [1.165, 1.54) is 5.56 Å². The van der Waals surface area contributed by atoms with Crippen molar-refractivity contribution in [1.82, 2.24) is 20.2 Å². The number of hydrogen-bond acceptors (Lipinski definition) is 5. The summed E-state index contributed by atoms with van der Waals surface area (Å²) in [6, 6.07) is 9.57. The summed E-state index contributed by atoms with van der Waals surface area (Å²) in [5.74, 6) is -0.895. The molecule has 0 radical (unpaired) electrons. The number of rotatable bonds is 5. The van der Waals surface area contributed by atoms with Crippen LogP contribution >= 0.6 is 0 Å². The third-order valence-electron chi connectivity index (χ3n) is 7.38. The average Bonchev–Trinajstić information content (AvgIpc) is 3.51. The molecule has 3 aliphatic heterocycles. The van der Waals surface area contributed by atoms with Gasteiger partial charge in [0.2, 0.25) is 17.7 Å². The maximum Gasteiger partial charge on any atom is 0.248 e. The predicted molar refractivity (Wildman–Crippen MR) is 119 cm³/mol. The minimum atomic E-state index is -0.682. The van der Waals surface area contributed by atoms with E-state index in [0.29, 0.717) is 38.4 Å². The van der Waals surface area contributed by atoms with Crippen LogP contribution in [0, 0.1) is 11.8 Å². The van der Waals surface area contributed by atoms with Crippen LogP contribution in [-0.4, -0.2) is 83.4 Å². The summed E-state index contributed by atoms with van der Waals surface area (Å²) >= 11 is 0. The molecule has 3 heterocycles. The Labute approximate surface area is 189 Å². The molecular formula is C24H34N4O4. The van der Waals surface area contributed by atoms with Crippen molar-refractivity contribution in [3.8, 4) is 0 Å². The van der Waals surface area contributed by atoms with Crippen molar-refractivity contribution in [2.24, 2.45) is 11.8 Å². The van der Waals surface area contributed by atoms with Crippen molar-refractivity contribution in [2.75, 3.05) is 39.8 Å². The molecule has 3 fully saturated rings. The maximum absolute atomic E-state index is 13.5. The van der Waals surface area contributed by atoms with Gasteiger partial charge in [-0.1, -0.05) is 30.3 Å². The lowest BCUT2D eigenvalue weighted by molar-refractivity contribution is -0.150. The third kappa shape index (κ3) is 4.81. The molecule has 32 heavy (non-hydrogen) atoms. The molecule has 0 aliphatic carbocycles. The molecule has 4 rings (SSSR count). The largest absolute Gasteiger partial charge is 0.343 e. The SMILES string of the molecule is CN1CC(CC(=O)N2CCCC2)CC(C(=O)NO)C1C(=O)N1CC[C@H](c2ccccc2)C1. The normalized spacial score (nSPS) is 28.7. The minimum Gasteiger partial charge on any atom is -0.343 e. The van der Waals surface area contributed by atoms with Crippen molar-refractivity contribution in [3.05, 3.63) is 35.9 Å². The molecule has 0 spiro atoms. The Balaban J connectivity index is 1.43. The van der Waals surface area contributed by atoms with Crippen LogP contribution in [-0.2, 0) is 14.4 Å². The fourth-order valence-electron chi connectivity index (χ4n) is 5.72. The number of amides is 3. The summed E-state index contributed by atoms with van der Waals surface area (Å²) in [6.07, 6.45) is 3.78. The van der Waals surface area contributed by atoms with Gasteiger partial charge < -0.3 is 9.80 Å². The molecule has 3 amide bonds. The lowest BCUT2D eigenvalue weighted by Crippen LogP contribution is -2.58. The Bertz CT molecular complexity index is 827. The zero-order chi connectivity index (χ0) is 22.7. The Hall–Kier alpha value is -2.45. The molecule has 3 unspecified atom stereocenters. The molecule has 3 aliphatic rings. The van der Waals surface area contributed by atoms with Gasteiger partial charge in [0.1, 0.15) is 6.04 Å². The van der Waals surface area contributed by atoms with Crippen LogP contribution in [0.2, 0.25) is 0 Å². The van der Waals surface area contributed by atoms with Gasteiger partial charge in [-0.2, -0.15) is 0 Å². The average molecular weight is 443 g/mol. The highest BCUT2D eigenvalue weighted by molar-refractivity contribution is 5.90. The Morgan fingerprint density at radius 2 is 1.75 bits per heavy atom. The maximum atomic E-state index is 13.5. The summed E-state index contributed by atoms with van der Waals surface area (Å²) in [5.41, 5.74) is 2.99. The number of carbonyl (C=O) groups excluding carboxylic acids is 3. The van der Waals surface area contributed by atoms with Crippen LogP contribution in [0.4, 0.5) is 0 Å². The predicted octanol–water partition coefficient (Wildman–Crippen LogP) is 1.46. The molecular weight excluding hydrogens is 408 g/mol. The molecule has 8 heteroatoms. The second-order valence-corrected chi connectivity index (χ2v) is 9.54. The third-order valence-corrected chi connectivity index (χ3v) is 7.38. The van der Waals surface area contributed by atoms with Gasteiger partial charge in [0.25, 0.3) is 0 Å². The summed E-state index contributed by atoms with van der Waals surface area (Å²) in [4.78, 5) is 44.4. The van der Waals surface area contributed by atoms with Crippen molar-refractivity contribution in [2.45, 2.75) is 44.1 Å². The molecule has 2 N–H and O–H groups in total. The van der Waals surface area contributed by atoms with Gasteiger partial charge in [-0.15, -0.1) is 0 Å².